The van der Waals surface area contributed by atoms with E-state index in [0.29, 0.717) is 24.6 Å². The SMILES string of the molecule is C\C=C/C(=C\C=C\CC)c1cc2nc(C(N)=CC=Nc3ccccc3)cc(N3CCOCC3)n2n1. The van der Waals surface area contributed by atoms with Crippen LogP contribution in [0, 0.1) is 0 Å². The summed E-state index contributed by atoms with van der Waals surface area (Å²) in [5.74, 6) is 0.944. The molecule has 1 aliphatic rings. The molecule has 1 saturated heterocycles. The first-order chi connectivity index (χ1) is 17.2. The van der Waals surface area contributed by atoms with Crippen molar-refractivity contribution in [3.63, 3.8) is 0 Å². The molecule has 7 heteroatoms. The van der Waals surface area contributed by atoms with Crippen molar-refractivity contribution in [2.24, 2.45) is 10.7 Å². The number of hydrogen-bond acceptors (Lipinski definition) is 6. The Balaban J connectivity index is 1.76. The predicted molar refractivity (Wildman–Crippen MR) is 145 cm³/mol. The van der Waals surface area contributed by atoms with Crippen molar-refractivity contribution < 1.29 is 4.74 Å². The van der Waals surface area contributed by atoms with E-state index >= 15 is 0 Å². The first kappa shape index (κ1) is 24.2. The van der Waals surface area contributed by atoms with Gasteiger partial charge in [0.1, 0.15) is 5.82 Å². The molecular formula is C28H32N6O. The van der Waals surface area contributed by atoms with Crippen LogP contribution in [-0.4, -0.2) is 47.1 Å². The molecular weight excluding hydrogens is 436 g/mol. The van der Waals surface area contributed by atoms with E-state index in [4.69, 9.17) is 20.6 Å². The number of para-hydroxylation sites is 1. The fourth-order valence-electron chi connectivity index (χ4n) is 3.78. The monoisotopic (exact) mass is 468 g/mol. The second-order valence-electron chi connectivity index (χ2n) is 8.09. The zero-order valence-corrected chi connectivity index (χ0v) is 20.3. The van der Waals surface area contributed by atoms with Crippen LogP contribution in [-0.2, 0) is 4.74 Å². The number of aromatic nitrogens is 3. The molecule has 0 spiro atoms. The number of aliphatic imine (C=N–C) groups is 1. The van der Waals surface area contributed by atoms with Gasteiger partial charge in [-0.05, 0) is 31.6 Å². The highest BCUT2D eigenvalue weighted by atomic mass is 16.5. The third kappa shape index (κ3) is 6.13. The lowest BCUT2D eigenvalue weighted by molar-refractivity contribution is 0.122. The fraction of sp³-hybridized carbons (Fsp3) is 0.250. The highest BCUT2D eigenvalue weighted by Gasteiger charge is 2.19. The van der Waals surface area contributed by atoms with Gasteiger partial charge in [0.2, 0.25) is 0 Å². The molecule has 0 saturated carbocycles. The summed E-state index contributed by atoms with van der Waals surface area (Å²) in [4.78, 5) is 11.6. The second kappa shape index (κ2) is 11.9. The average molecular weight is 469 g/mol. The number of allylic oxidation sites excluding steroid dienone is 7. The summed E-state index contributed by atoms with van der Waals surface area (Å²) in [6.45, 7) is 7.04. The van der Waals surface area contributed by atoms with Crippen LogP contribution in [0.2, 0.25) is 0 Å². The number of fused-ring (bicyclic) bond motifs is 1. The van der Waals surface area contributed by atoms with Gasteiger partial charge in [0.15, 0.2) is 5.65 Å². The molecule has 1 aliphatic heterocycles. The molecule has 3 aromatic rings. The number of rotatable bonds is 8. The maximum atomic E-state index is 6.45. The highest BCUT2D eigenvalue weighted by molar-refractivity contribution is 5.85. The number of anilines is 1. The van der Waals surface area contributed by atoms with E-state index in [1.807, 2.05) is 60.0 Å². The summed E-state index contributed by atoms with van der Waals surface area (Å²) in [6, 6.07) is 13.8. The van der Waals surface area contributed by atoms with Gasteiger partial charge in [-0.2, -0.15) is 9.61 Å². The second-order valence-corrected chi connectivity index (χ2v) is 8.09. The normalized spacial score (nSPS) is 15.9. The lowest BCUT2D eigenvalue weighted by Crippen LogP contribution is -2.37. The number of benzene rings is 1. The van der Waals surface area contributed by atoms with Crippen LogP contribution in [0.4, 0.5) is 11.5 Å². The largest absolute Gasteiger partial charge is 0.397 e. The predicted octanol–water partition coefficient (Wildman–Crippen LogP) is 5.19. The number of morpholine rings is 1. The summed E-state index contributed by atoms with van der Waals surface area (Å²) >= 11 is 0. The van der Waals surface area contributed by atoms with E-state index < -0.39 is 0 Å². The van der Waals surface area contributed by atoms with Gasteiger partial charge in [0.25, 0.3) is 0 Å². The maximum absolute atomic E-state index is 6.45. The Kier molecular flexibility index (Phi) is 8.25. The van der Waals surface area contributed by atoms with Gasteiger partial charge in [-0.3, -0.25) is 4.99 Å². The van der Waals surface area contributed by atoms with Gasteiger partial charge in [0, 0.05) is 37.0 Å². The van der Waals surface area contributed by atoms with E-state index in [-0.39, 0.29) is 0 Å². The molecule has 2 N–H and O–H groups in total. The first-order valence-corrected chi connectivity index (χ1v) is 12.0. The molecule has 180 valence electrons. The van der Waals surface area contributed by atoms with Gasteiger partial charge in [-0.15, -0.1) is 0 Å². The Morgan fingerprint density at radius 2 is 1.91 bits per heavy atom. The van der Waals surface area contributed by atoms with Crippen molar-refractivity contribution in [1.82, 2.24) is 14.6 Å². The van der Waals surface area contributed by atoms with Crippen molar-refractivity contribution in [1.29, 1.82) is 0 Å². The van der Waals surface area contributed by atoms with Crippen LogP contribution >= 0.6 is 0 Å². The summed E-state index contributed by atoms with van der Waals surface area (Å²) in [7, 11) is 0. The number of ether oxygens (including phenoxy) is 1. The van der Waals surface area contributed by atoms with Gasteiger partial charge in [-0.25, -0.2) is 4.98 Å². The molecule has 0 bridgehead atoms. The highest BCUT2D eigenvalue weighted by Crippen LogP contribution is 2.24. The summed E-state index contributed by atoms with van der Waals surface area (Å²) in [6.07, 6.45) is 14.8. The molecule has 3 heterocycles. The average Bonchev–Trinajstić information content (AvgIpc) is 3.33. The van der Waals surface area contributed by atoms with E-state index in [2.05, 4.69) is 41.1 Å². The Hall–Kier alpha value is -3.97. The van der Waals surface area contributed by atoms with Crippen molar-refractivity contribution >= 4 is 34.6 Å². The molecule has 4 rings (SSSR count). The Labute approximate surface area is 206 Å². The summed E-state index contributed by atoms with van der Waals surface area (Å²) in [5, 5.41) is 4.92. The fourth-order valence-corrected chi connectivity index (χ4v) is 3.78. The van der Waals surface area contributed by atoms with Crippen molar-refractivity contribution in [2.75, 3.05) is 31.2 Å². The Morgan fingerprint density at radius 1 is 1.11 bits per heavy atom. The smallest absolute Gasteiger partial charge is 0.158 e. The van der Waals surface area contributed by atoms with Crippen molar-refractivity contribution in [3.8, 4) is 0 Å². The van der Waals surface area contributed by atoms with Crippen molar-refractivity contribution in [3.05, 3.63) is 90.3 Å². The van der Waals surface area contributed by atoms with E-state index in [1.54, 1.807) is 12.3 Å². The molecule has 35 heavy (non-hydrogen) atoms. The summed E-state index contributed by atoms with van der Waals surface area (Å²) in [5.41, 5.74) is 11.2. The summed E-state index contributed by atoms with van der Waals surface area (Å²) < 4.78 is 7.47. The van der Waals surface area contributed by atoms with Crippen LogP contribution in [0.3, 0.4) is 0 Å². The van der Waals surface area contributed by atoms with Gasteiger partial charge in [0.05, 0.1) is 36.0 Å². The molecule has 0 radical (unpaired) electrons. The van der Waals surface area contributed by atoms with Gasteiger partial charge < -0.3 is 15.4 Å². The standard InChI is InChI=1S/C28H32N6O/c1-3-5-7-11-22(10-4-2)25-20-27-31-26(24(29)14-15-30-23-12-8-6-9-13-23)21-28(34(27)32-25)33-16-18-35-19-17-33/h4-15,20-21H,3,16-19,29H2,1-2H3/b7-5+,10-4-,22-11+,24-14?,30-15?. The molecule has 2 aromatic heterocycles. The zero-order chi connectivity index (χ0) is 24.5. The molecule has 0 amide bonds. The van der Waals surface area contributed by atoms with Crippen LogP contribution in [0.15, 0.2) is 83.9 Å². The Bertz CT molecular complexity index is 1280. The lowest BCUT2D eigenvalue weighted by atomic mass is 10.1. The van der Waals surface area contributed by atoms with E-state index in [9.17, 15) is 0 Å². The van der Waals surface area contributed by atoms with E-state index in [1.165, 1.54) is 0 Å². The molecule has 0 unspecified atom stereocenters. The number of hydrogen-bond donors (Lipinski definition) is 1. The molecule has 7 nitrogen and oxygen atoms in total. The molecule has 0 atom stereocenters. The van der Waals surface area contributed by atoms with Crippen LogP contribution < -0.4 is 10.6 Å². The number of nitrogens with zero attached hydrogens (tertiary/aromatic N) is 5. The quantitative estimate of drug-likeness (QED) is 0.363. The third-order valence-electron chi connectivity index (χ3n) is 5.56. The van der Waals surface area contributed by atoms with Gasteiger partial charge in [-0.1, -0.05) is 55.5 Å². The minimum absolute atomic E-state index is 0.541. The first-order valence-electron chi connectivity index (χ1n) is 12.0. The number of nitrogens with two attached hydrogens (primary N) is 1. The van der Waals surface area contributed by atoms with Crippen molar-refractivity contribution in [2.45, 2.75) is 20.3 Å². The minimum Gasteiger partial charge on any atom is -0.397 e. The molecule has 1 aromatic carbocycles. The third-order valence-corrected chi connectivity index (χ3v) is 5.56. The van der Waals surface area contributed by atoms with Crippen LogP contribution in [0.25, 0.3) is 16.9 Å². The maximum Gasteiger partial charge on any atom is 0.158 e. The zero-order valence-electron chi connectivity index (χ0n) is 20.3. The minimum atomic E-state index is 0.541. The van der Waals surface area contributed by atoms with Crippen LogP contribution in [0.1, 0.15) is 31.7 Å². The lowest BCUT2D eigenvalue weighted by Gasteiger charge is -2.29. The van der Waals surface area contributed by atoms with Crippen LogP contribution in [0.5, 0.6) is 0 Å². The topological polar surface area (TPSA) is 81.0 Å². The Morgan fingerprint density at radius 3 is 2.66 bits per heavy atom. The molecule has 0 aliphatic carbocycles. The van der Waals surface area contributed by atoms with Gasteiger partial charge >= 0.3 is 0 Å². The molecule has 1 fully saturated rings. The van der Waals surface area contributed by atoms with E-state index in [0.717, 1.165) is 47.9 Å².